The molecule has 2 aromatic rings. The first-order valence-electron chi connectivity index (χ1n) is 9.28. The molecular weight excluding hydrogens is 510 g/mol. The van der Waals surface area contributed by atoms with Gasteiger partial charge in [-0.25, -0.2) is 0 Å². The largest absolute Gasteiger partial charge is 0.459 e. The number of benzene rings is 1. The number of halogens is 1. The minimum Gasteiger partial charge on any atom is -0.459 e. The molecule has 0 aliphatic heterocycles. The molecule has 1 atom stereocenters. The van der Waals surface area contributed by atoms with Crippen LogP contribution in [0.1, 0.15) is 40.5 Å². The SMILES string of the molecule is CCOP(=O)(OCC)C(Cc1nc(-c2ccc(I)cc2)no1)C(=O)OC(C)(C)C. The van der Waals surface area contributed by atoms with E-state index >= 15 is 0 Å². The van der Waals surface area contributed by atoms with Crippen LogP contribution in [0, 0.1) is 3.57 Å². The quantitative estimate of drug-likeness (QED) is 0.255. The first kappa shape index (κ1) is 24.0. The van der Waals surface area contributed by atoms with Gasteiger partial charge >= 0.3 is 13.6 Å². The molecule has 0 amide bonds. The van der Waals surface area contributed by atoms with E-state index < -0.39 is 24.8 Å². The van der Waals surface area contributed by atoms with Crippen LogP contribution in [0.25, 0.3) is 11.4 Å². The van der Waals surface area contributed by atoms with Gasteiger partial charge in [0.15, 0.2) is 5.66 Å². The van der Waals surface area contributed by atoms with Crippen LogP contribution in [0.3, 0.4) is 0 Å². The van der Waals surface area contributed by atoms with Gasteiger partial charge in [0.1, 0.15) is 5.60 Å². The molecule has 0 spiro atoms. The number of carbonyl (C=O) groups excluding carboxylic acids is 1. The molecule has 1 aromatic heterocycles. The third kappa shape index (κ3) is 6.87. The van der Waals surface area contributed by atoms with Gasteiger partial charge in [0.25, 0.3) is 0 Å². The van der Waals surface area contributed by atoms with E-state index in [0.717, 1.165) is 9.13 Å². The van der Waals surface area contributed by atoms with Gasteiger partial charge in [-0.3, -0.25) is 9.36 Å². The molecule has 0 fully saturated rings. The van der Waals surface area contributed by atoms with Crippen LogP contribution in [0.2, 0.25) is 0 Å². The Balaban J connectivity index is 2.33. The highest BCUT2D eigenvalue weighted by Crippen LogP contribution is 2.54. The Morgan fingerprint density at radius 2 is 1.76 bits per heavy atom. The molecule has 10 heteroatoms. The Morgan fingerprint density at radius 3 is 2.28 bits per heavy atom. The van der Waals surface area contributed by atoms with E-state index in [1.165, 1.54) is 0 Å². The van der Waals surface area contributed by atoms with Gasteiger partial charge < -0.3 is 18.3 Å². The van der Waals surface area contributed by atoms with Crippen molar-refractivity contribution in [2.45, 2.75) is 52.3 Å². The molecule has 0 aliphatic carbocycles. The van der Waals surface area contributed by atoms with Gasteiger partial charge in [-0.1, -0.05) is 17.3 Å². The molecule has 0 saturated carbocycles. The summed E-state index contributed by atoms with van der Waals surface area (Å²) in [6, 6.07) is 7.59. The number of nitrogens with zero attached hydrogens (tertiary/aromatic N) is 2. The molecule has 1 unspecified atom stereocenters. The predicted molar refractivity (Wildman–Crippen MR) is 117 cm³/mol. The third-order valence-corrected chi connectivity index (χ3v) is 6.73. The summed E-state index contributed by atoms with van der Waals surface area (Å²) in [6.45, 7) is 8.79. The van der Waals surface area contributed by atoms with E-state index in [1.54, 1.807) is 34.6 Å². The van der Waals surface area contributed by atoms with Gasteiger partial charge in [0, 0.05) is 9.13 Å². The van der Waals surface area contributed by atoms with Crippen molar-refractivity contribution >= 4 is 36.2 Å². The number of hydrogen-bond donors (Lipinski definition) is 0. The minimum absolute atomic E-state index is 0.119. The highest BCUT2D eigenvalue weighted by Gasteiger charge is 2.44. The van der Waals surface area contributed by atoms with Crippen LogP contribution in [0.4, 0.5) is 0 Å². The van der Waals surface area contributed by atoms with E-state index in [0.29, 0.717) is 5.82 Å². The molecular formula is C19H26IN2O6P. The summed E-state index contributed by atoms with van der Waals surface area (Å²) in [5.41, 5.74) is -1.21. The number of aromatic nitrogens is 2. The third-order valence-electron chi connectivity index (χ3n) is 3.62. The summed E-state index contributed by atoms with van der Waals surface area (Å²) >= 11 is 2.20. The van der Waals surface area contributed by atoms with Crippen molar-refractivity contribution in [3.05, 3.63) is 33.7 Å². The van der Waals surface area contributed by atoms with Crippen molar-refractivity contribution in [1.82, 2.24) is 10.1 Å². The van der Waals surface area contributed by atoms with Gasteiger partial charge in [-0.15, -0.1) is 0 Å². The summed E-state index contributed by atoms with van der Waals surface area (Å²) in [5.74, 6) is -0.173. The highest BCUT2D eigenvalue weighted by molar-refractivity contribution is 14.1. The lowest BCUT2D eigenvalue weighted by Crippen LogP contribution is -2.34. The number of ether oxygens (including phenoxy) is 1. The topological polar surface area (TPSA) is 101 Å². The van der Waals surface area contributed by atoms with E-state index in [9.17, 15) is 9.36 Å². The van der Waals surface area contributed by atoms with Crippen LogP contribution in [0.15, 0.2) is 28.8 Å². The van der Waals surface area contributed by atoms with Gasteiger partial charge in [-0.05, 0) is 69.3 Å². The van der Waals surface area contributed by atoms with E-state index in [2.05, 4.69) is 32.7 Å². The molecule has 0 radical (unpaired) electrons. The van der Waals surface area contributed by atoms with Crippen molar-refractivity contribution in [3.8, 4) is 11.4 Å². The zero-order valence-corrected chi connectivity index (χ0v) is 20.2. The Labute approximate surface area is 184 Å². The number of esters is 1. The molecule has 2 rings (SSSR count). The smallest absolute Gasteiger partial charge is 0.345 e. The van der Waals surface area contributed by atoms with Gasteiger partial charge in [0.2, 0.25) is 11.7 Å². The standard InChI is InChI=1S/C19H26IN2O6P/c1-6-25-29(24,26-7-2)15(18(23)27-19(3,4)5)12-16-21-17(22-28-16)13-8-10-14(20)11-9-13/h8-11,15H,6-7,12H2,1-5H3. The van der Waals surface area contributed by atoms with Crippen LogP contribution in [-0.4, -0.2) is 40.6 Å². The van der Waals surface area contributed by atoms with Crippen LogP contribution < -0.4 is 0 Å². The minimum atomic E-state index is -3.81. The molecule has 0 bridgehead atoms. The van der Waals surface area contributed by atoms with Gasteiger partial charge in [-0.2, -0.15) is 4.98 Å². The van der Waals surface area contributed by atoms with Crippen LogP contribution in [0.5, 0.6) is 0 Å². The molecule has 0 saturated heterocycles. The molecule has 0 aliphatic rings. The Hall–Kier alpha value is -1.29. The lowest BCUT2D eigenvalue weighted by molar-refractivity contribution is -0.154. The summed E-state index contributed by atoms with van der Waals surface area (Å²) in [5, 5.41) is 3.97. The monoisotopic (exact) mass is 536 g/mol. The maximum atomic E-state index is 13.3. The Kier molecular flexibility index (Phi) is 8.39. The number of hydrogen-bond acceptors (Lipinski definition) is 8. The highest BCUT2D eigenvalue weighted by atomic mass is 127. The first-order chi connectivity index (χ1) is 13.6. The number of rotatable bonds is 9. The summed E-state index contributed by atoms with van der Waals surface area (Å²) < 4.78 is 35.9. The molecule has 29 heavy (non-hydrogen) atoms. The van der Waals surface area contributed by atoms with Crippen molar-refractivity contribution in [2.24, 2.45) is 0 Å². The van der Waals surface area contributed by atoms with Gasteiger partial charge in [0.05, 0.1) is 19.6 Å². The molecule has 0 N–H and O–H groups in total. The summed E-state index contributed by atoms with van der Waals surface area (Å²) in [6.07, 6.45) is -0.121. The van der Waals surface area contributed by atoms with E-state index in [-0.39, 0.29) is 25.5 Å². The summed E-state index contributed by atoms with van der Waals surface area (Å²) in [4.78, 5) is 17.2. The number of carbonyl (C=O) groups is 1. The second-order valence-electron chi connectivity index (χ2n) is 7.15. The molecule has 160 valence electrons. The van der Waals surface area contributed by atoms with Crippen molar-refractivity contribution < 1.29 is 27.7 Å². The maximum Gasteiger partial charge on any atom is 0.345 e. The average Bonchev–Trinajstić information content (AvgIpc) is 3.08. The fourth-order valence-electron chi connectivity index (χ4n) is 2.49. The predicted octanol–water partition coefficient (Wildman–Crippen LogP) is 4.86. The van der Waals surface area contributed by atoms with Crippen LogP contribution >= 0.6 is 30.2 Å². The average molecular weight is 536 g/mol. The Morgan fingerprint density at radius 1 is 1.17 bits per heavy atom. The van der Waals surface area contributed by atoms with Crippen molar-refractivity contribution in [2.75, 3.05) is 13.2 Å². The zero-order chi connectivity index (χ0) is 21.7. The van der Waals surface area contributed by atoms with E-state index in [1.807, 2.05) is 24.3 Å². The first-order valence-corrected chi connectivity index (χ1v) is 12.0. The lowest BCUT2D eigenvalue weighted by atomic mass is 10.2. The normalized spacial score (nSPS) is 13.3. The lowest BCUT2D eigenvalue weighted by Gasteiger charge is -2.27. The second kappa shape index (κ2) is 10.1. The fraction of sp³-hybridized carbons (Fsp3) is 0.526. The zero-order valence-electron chi connectivity index (χ0n) is 17.2. The summed E-state index contributed by atoms with van der Waals surface area (Å²) in [7, 11) is -3.81. The maximum absolute atomic E-state index is 13.3. The molecule has 8 nitrogen and oxygen atoms in total. The molecule has 1 aromatic carbocycles. The van der Waals surface area contributed by atoms with E-state index in [4.69, 9.17) is 18.3 Å². The van der Waals surface area contributed by atoms with Crippen molar-refractivity contribution in [1.29, 1.82) is 0 Å². The van der Waals surface area contributed by atoms with Crippen molar-refractivity contribution in [3.63, 3.8) is 0 Å². The molecule has 1 heterocycles. The second-order valence-corrected chi connectivity index (χ2v) is 10.6. The fourth-order valence-corrected chi connectivity index (χ4v) is 4.70. The Bertz CT molecular complexity index is 852. The van der Waals surface area contributed by atoms with Crippen LogP contribution in [-0.2, 0) is 29.6 Å².